The van der Waals surface area contributed by atoms with Crippen LogP contribution in [0.4, 0.5) is 10.1 Å². The number of nitrogens with one attached hydrogen (secondary N) is 2. The van der Waals surface area contributed by atoms with Crippen molar-refractivity contribution in [3.05, 3.63) is 65.5 Å². The number of quaternary nitrogens is 1. The number of carbonyl (C=O) groups is 1. The van der Waals surface area contributed by atoms with Gasteiger partial charge in [-0.15, -0.1) is 0 Å². The number of nitrogens with zero attached hydrogens (tertiary/aromatic N) is 1. The molecule has 112 valence electrons. The lowest BCUT2D eigenvalue weighted by molar-refractivity contribution is -0.885. The minimum atomic E-state index is -0.271. The first-order chi connectivity index (χ1) is 10.6. The predicted molar refractivity (Wildman–Crippen MR) is 81.6 cm³/mol. The summed E-state index contributed by atoms with van der Waals surface area (Å²) in [5.74, 6) is -0.397. The monoisotopic (exact) mass is 298 g/mol. The van der Waals surface area contributed by atoms with Crippen molar-refractivity contribution in [2.45, 2.75) is 6.54 Å². The summed E-state index contributed by atoms with van der Waals surface area (Å²) in [5.41, 5.74) is 2.05. The maximum absolute atomic E-state index is 13.1. The molecule has 2 N–H and O–H groups in total. The average Bonchev–Trinajstić information content (AvgIpc) is 2.47. The molecule has 0 aliphatic rings. The Kier molecular flexibility index (Phi) is 5.23. The fourth-order valence-electron chi connectivity index (χ4n) is 2.17. The van der Waals surface area contributed by atoms with Crippen LogP contribution in [0.3, 0.4) is 0 Å². The van der Waals surface area contributed by atoms with Gasteiger partial charge in [0.25, 0.3) is 5.91 Å². The highest BCUT2D eigenvalue weighted by molar-refractivity contribution is 5.91. The van der Waals surface area contributed by atoms with Crippen molar-refractivity contribution in [3.8, 4) is 6.07 Å². The highest BCUT2D eigenvalue weighted by Gasteiger charge is 2.11. The van der Waals surface area contributed by atoms with E-state index >= 15 is 0 Å². The largest absolute Gasteiger partial charge is 0.326 e. The molecule has 4 nitrogen and oxygen atoms in total. The van der Waals surface area contributed by atoms with Gasteiger partial charge in [0, 0.05) is 11.3 Å². The fourth-order valence-corrected chi connectivity index (χ4v) is 2.17. The van der Waals surface area contributed by atoms with Gasteiger partial charge in [0.15, 0.2) is 6.54 Å². The second kappa shape index (κ2) is 7.34. The highest BCUT2D eigenvalue weighted by Crippen LogP contribution is 2.08. The molecule has 5 heteroatoms. The zero-order chi connectivity index (χ0) is 15.9. The minimum absolute atomic E-state index is 0.126. The summed E-state index contributed by atoms with van der Waals surface area (Å²) in [6.45, 7) is 0.842. The van der Waals surface area contributed by atoms with Crippen LogP contribution < -0.4 is 10.2 Å². The lowest BCUT2D eigenvalue weighted by Crippen LogP contribution is -3.08. The van der Waals surface area contributed by atoms with Crippen molar-refractivity contribution < 1.29 is 14.1 Å². The molecule has 0 aliphatic carbocycles. The number of carbonyl (C=O) groups excluding carboxylic acids is 1. The number of nitriles is 1. The number of hydrogen-bond acceptors (Lipinski definition) is 2. The summed E-state index contributed by atoms with van der Waals surface area (Å²) in [5, 5.41) is 11.5. The standard InChI is InChI=1S/C17H16FN3O/c1-21(11-14-3-2-4-15(18)9-14)12-17(22)20-16-7-5-13(10-19)6-8-16/h2-9H,11-12H2,1H3,(H,20,22)/p+1. The molecule has 22 heavy (non-hydrogen) atoms. The molecule has 0 fully saturated rings. The Morgan fingerprint density at radius 3 is 2.64 bits per heavy atom. The Bertz CT molecular complexity index is 692. The molecular formula is C17H17FN3O+. The zero-order valence-electron chi connectivity index (χ0n) is 12.3. The van der Waals surface area contributed by atoms with Crippen LogP contribution in [0.5, 0.6) is 0 Å². The Hall–Kier alpha value is -2.71. The van der Waals surface area contributed by atoms with Crippen molar-refractivity contribution in [3.63, 3.8) is 0 Å². The van der Waals surface area contributed by atoms with Crippen molar-refractivity contribution in [1.82, 2.24) is 0 Å². The molecule has 0 spiro atoms. The number of amides is 1. The predicted octanol–water partition coefficient (Wildman–Crippen LogP) is 1.35. The maximum Gasteiger partial charge on any atom is 0.279 e. The van der Waals surface area contributed by atoms with Crippen LogP contribution in [0.1, 0.15) is 11.1 Å². The summed E-state index contributed by atoms with van der Waals surface area (Å²) in [6, 6.07) is 15.1. The van der Waals surface area contributed by atoms with Crippen molar-refractivity contribution in [2.75, 3.05) is 18.9 Å². The first-order valence-corrected chi connectivity index (χ1v) is 6.92. The van der Waals surface area contributed by atoms with Gasteiger partial charge in [0.2, 0.25) is 0 Å². The molecule has 2 aromatic carbocycles. The Morgan fingerprint density at radius 1 is 1.27 bits per heavy atom. The lowest BCUT2D eigenvalue weighted by atomic mass is 10.2. The number of rotatable bonds is 5. The van der Waals surface area contributed by atoms with Crippen molar-refractivity contribution >= 4 is 11.6 Å². The zero-order valence-corrected chi connectivity index (χ0v) is 12.3. The second-order valence-corrected chi connectivity index (χ2v) is 5.18. The minimum Gasteiger partial charge on any atom is -0.326 e. The van der Waals surface area contributed by atoms with Crippen molar-refractivity contribution in [2.24, 2.45) is 0 Å². The Balaban J connectivity index is 1.87. The van der Waals surface area contributed by atoms with E-state index in [2.05, 4.69) is 5.32 Å². The quantitative estimate of drug-likeness (QED) is 0.875. The van der Waals surface area contributed by atoms with Crippen LogP contribution in [-0.2, 0) is 11.3 Å². The number of hydrogen-bond donors (Lipinski definition) is 2. The summed E-state index contributed by atoms with van der Waals surface area (Å²) < 4.78 is 13.1. The van der Waals surface area contributed by atoms with E-state index in [1.54, 1.807) is 30.3 Å². The fraction of sp³-hybridized carbons (Fsp3) is 0.176. The molecule has 1 unspecified atom stereocenters. The summed E-state index contributed by atoms with van der Waals surface area (Å²) in [4.78, 5) is 12.9. The molecule has 0 radical (unpaired) electrons. The molecule has 0 heterocycles. The third-order valence-corrected chi connectivity index (χ3v) is 3.16. The summed E-state index contributed by atoms with van der Waals surface area (Å²) >= 11 is 0. The first-order valence-electron chi connectivity index (χ1n) is 6.92. The first kappa shape index (κ1) is 15.7. The van der Waals surface area contributed by atoms with Crippen LogP contribution in [0.2, 0.25) is 0 Å². The van der Waals surface area contributed by atoms with Crippen LogP contribution in [0.25, 0.3) is 0 Å². The molecule has 0 aromatic heterocycles. The smallest absolute Gasteiger partial charge is 0.279 e. The van der Waals surface area contributed by atoms with Gasteiger partial charge in [-0.1, -0.05) is 12.1 Å². The summed E-state index contributed by atoms with van der Waals surface area (Å²) in [6.07, 6.45) is 0. The van der Waals surface area contributed by atoms with E-state index in [1.807, 2.05) is 19.2 Å². The number of benzene rings is 2. The molecule has 1 atom stereocenters. The molecule has 0 bridgehead atoms. The molecule has 2 aromatic rings. The molecule has 1 amide bonds. The third-order valence-electron chi connectivity index (χ3n) is 3.16. The van der Waals surface area contributed by atoms with E-state index in [0.717, 1.165) is 10.5 Å². The van der Waals surface area contributed by atoms with Gasteiger partial charge in [-0.25, -0.2) is 4.39 Å². The van der Waals surface area contributed by atoms with E-state index < -0.39 is 0 Å². The van der Waals surface area contributed by atoms with E-state index in [9.17, 15) is 9.18 Å². The van der Waals surface area contributed by atoms with Gasteiger partial charge >= 0.3 is 0 Å². The number of likely N-dealkylation sites (N-methyl/N-ethyl adjacent to an activating group) is 1. The summed E-state index contributed by atoms with van der Waals surface area (Å²) in [7, 11) is 1.88. The van der Waals surface area contributed by atoms with Crippen LogP contribution in [0.15, 0.2) is 48.5 Å². The molecule has 0 aliphatic heterocycles. The van der Waals surface area contributed by atoms with Gasteiger partial charge in [-0.05, 0) is 36.4 Å². The van der Waals surface area contributed by atoms with E-state index in [0.29, 0.717) is 17.8 Å². The topological polar surface area (TPSA) is 57.3 Å². The normalized spacial score (nSPS) is 11.5. The second-order valence-electron chi connectivity index (χ2n) is 5.18. The van der Waals surface area contributed by atoms with Crippen LogP contribution >= 0.6 is 0 Å². The van der Waals surface area contributed by atoms with Gasteiger partial charge < -0.3 is 10.2 Å². The van der Waals surface area contributed by atoms with Crippen LogP contribution in [-0.4, -0.2) is 19.5 Å². The Morgan fingerprint density at radius 2 is 2.00 bits per heavy atom. The average molecular weight is 298 g/mol. The number of halogens is 1. The SMILES string of the molecule is C[NH+](CC(=O)Nc1ccc(C#N)cc1)Cc1cccc(F)c1. The number of anilines is 1. The van der Waals surface area contributed by atoms with Gasteiger partial charge in [0.1, 0.15) is 12.4 Å². The van der Waals surface area contributed by atoms with E-state index in [-0.39, 0.29) is 18.3 Å². The van der Waals surface area contributed by atoms with E-state index in [4.69, 9.17) is 5.26 Å². The highest BCUT2D eigenvalue weighted by atomic mass is 19.1. The van der Waals surface area contributed by atoms with E-state index in [1.165, 1.54) is 12.1 Å². The maximum atomic E-state index is 13.1. The van der Waals surface area contributed by atoms with Gasteiger partial charge in [-0.3, -0.25) is 4.79 Å². The van der Waals surface area contributed by atoms with Gasteiger partial charge in [0.05, 0.1) is 18.7 Å². The van der Waals surface area contributed by atoms with Crippen LogP contribution in [0, 0.1) is 17.1 Å². The van der Waals surface area contributed by atoms with Crippen molar-refractivity contribution in [1.29, 1.82) is 5.26 Å². The van der Waals surface area contributed by atoms with Gasteiger partial charge in [-0.2, -0.15) is 5.26 Å². The lowest BCUT2D eigenvalue weighted by Gasteiger charge is -2.14. The molecule has 2 rings (SSSR count). The molecule has 0 saturated carbocycles. The Labute approximate surface area is 128 Å². The molecular weight excluding hydrogens is 281 g/mol. The molecule has 0 saturated heterocycles. The third kappa shape index (κ3) is 4.69.